The molecule has 0 aromatic heterocycles. The van der Waals surface area contributed by atoms with Crippen molar-refractivity contribution in [3.05, 3.63) is 12.7 Å². The number of carbonyl (C=O) groups excluding carboxylic acids is 2. The molecule has 0 unspecified atom stereocenters. The molecule has 1 fully saturated rings. The number of carbonyl (C=O) groups is 2. The Morgan fingerprint density at radius 2 is 1.94 bits per heavy atom. The molecule has 1 aliphatic rings. The van der Waals surface area contributed by atoms with Gasteiger partial charge in [0.25, 0.3) is 0 Å². The molecular weight excluding hydrogens is 224 g/mol. The first-order valence-corrected chi connectivity index (χ1v) is 5.49. The fourth-order valence-corrected chi connectivity index (χ4v) is 1.88. The first-order valence-electron chi connectivity index (χ1n) is 5.09. The van der Waals surface area contributed by atoms with Gasteiger partial charge in [0.15, 0.2) is 5.11 Å². The van der Waals surface area contributed by atoms with Crippen molar-refractivity contribution >= 4 is 29.1 Å². The Kier molecular flexibility index (Phi) is 3.48. The van der Waals surface area contributed by atoms with E-state index in [0.717, 1.165) is 0 Å². The summed E-state index contributed by atoms with van der Waals surface area (Å²) < 4.78 is 0. The number of thiocarbonyl (C=S) groups is 1. The smallest absolute Gasteiger partial charge is 0.243 e. The Bertz CT molecular complexity index is 363. The number of hydrogen-bond donors (Lipinski definition) is 0. The van der Waals surface area contributed by atoms with Crippen LogP contribution in [0.3, 0.4) is 0 Å². The Morgan fingerprint density at radius 1 is 1.38 bits per heavy atom. The van der Waals surface area contributed by atoms with Crippen LogP contribution in [0.4, 0.5) is 0 Å². The minimum atomic E-state index is -1.03. The van der Waals surface area contributed by atoms with Gasteiger partial charge in [-0.2, -0.15) is 0 Å². The Balaban J connectivity index is 3.01. The van der Waals surface area contributed by atoms with E-state index in [1.807, 2.05) is 0 Å². The van der Waals surface area contributed by atoms with E-state index in [-0.39, 0.29) is 16.9 Å². The SMILES string of the molecule is C=CCCN1C(=O)C(C)(C)C(=O)N(C)C1=S. The summed E-state index contributed by atoms with van der Waals surface area (Å²) in [5, 5.41) is 0.274. The van der Waals surface area contributed by atoms with Crippen LogP contribution < -0.4 is 0 Å². The predicted molar refractivity (Wildman–Crippen MR) is 65.7 cm³/mol. The lowest BCUT2D eigenvalue weighted by Crippen LogP contribution is -2.62. The average Bonchev–Trinajstić information content (AvgIpc) is 2.25. The lowest BCUT2D eigenvalue weighted by molar-refractivity contribution is -0.153. The van der Waals surface area contributed by atoms with E-state index >= 15 is 0 Å². The topological polar surface area (TPSA) is 40.6 Å². The highest BCUT2D eigenvalue weighted by Crippen LogP contribution is 2.27. The molecule has 0 aromatic rings. The third-order valence-electron chi connectivity index (χ3n) is 2.69. The van der Waals surface area contributed by atoms with Crippen LogP contribution in [0.25, 0.3) is 0 Å². The molecule has 1 rings (SSSR count). The van der Waals surface area contributed by atoms with E-state index < -0.39 is 5.41 Å². The van der Waals surface area contributed by atoms with Crippen LogP contribution in [0.2, 0.25) is 0 Å². The highest BCUT2D eigenvalue weighted by molar-refractivity contribution is 7.80. The summed E-state index contributed by atoms with van der Waals surface area (Å²) >= 11 is 5.10. The van der Waals surface area contributed by atoms with Crippen LogP contribution in [0.15, 0.2) is 12.7 Å². The van der Waals surface area contributed by atoms with Crippen LogP contribution in [-0.2, 0) is 9.59 Å². The van der Waals surface area contributed by atoms with Crippen LogP contribution in [-0.4, -0.2) is 40.3 Å². The van der Waals surface area contributed by atoms with Gasteiger partial charge in [-0.25, -0.2) is 0 Å². The summed E-state index contributed by atoms with van der Waals surface area (Å²) in [7, 11) is 1.60. The van der Waals surface area contributed by atoms with E-state index in [4.69, 9.17) is 12.2 Å². The van der Waals surface area contributed by atoms with Crippen molar-refractivity contribution in [3.8, 4) is 0 Å². The zero-order valence-electron chi connectivity index (χ0n) is 9.82. The van der Waals surface area contributed by atoms with Crippen LogP contribution in [0.5, 0.6) is 0 Å². The molecule has 5 heteroatoms. The Morgan fingerprint density at radius 3 is 2.44 bits per heavy atom. The fourth-order valence-electron chi connectivity index (χ4n) is 1.62. The molecule has 0 aliphatic carbocycles. The third-order valence-corrected chi connectivity index (χ3v) is 3.19. The van der Waals surface area contributed by atoms with Gasteiger partial charge in [-0.05, 0) is 32.5 Å². The largest absolute Gasteiger partial charge is 0.291 e. The van der Waals surface area contributed by atoms with E-state index in [1.165, 1.54) is 9.80 Å². The molecule has 88 valence electrons. The van der Waals surface area contributed by atoms with Gasteiger partial charge in [-0.3, -0.25) is 19.4 Å². The van der Waals surface area contributed by atoms with Gasteiger partial charge in [0, 0.05) is 13.6 Å². The zero-order valence-corrected chi connectivity index (χ0v) is 10.6. The number of hydrogen-bond acceptors (Lipinski definition) is 3. The van der Waals surface area contributed by atoms with Gasteiger partial charge in [0.05, 0.1) is 0 Å². The third kappa shape index (κ3) is 1.87. The van der Waals surface area contributed by atoms with Crippen molar-refractivity contribution in [2.75, 3.05) is 13.6 Å². The average molecular weight is 240 g/mol. The molecule has 16 heavy (non-hydrogen) atoms. The molecule has 0 spiro atoms. The lowest BCUT2D eigenvalue weighted by atomic mass is 9.88. The van der Waals surface area contributed by atoms with Gasteiger partial charge in [-0.15, -0.1) is 6.58 Å². The first-order chi connectivity index (χ1) is 7.34. The molecule has 0 saturated carbocycles. The van der Waals surface area contributed by atoms with Crippen molar-refractivity contribution < 1.29 is 9.59 Å². The molecule has 1 aliphatic heterocycles. The van der Waals surface area contributed by atoms with Crippen molar-refractivity contribution in [1.82, 2.24) is 9.80 Å². The summed E-state index contributed by atoms with van der Waals surface area (Å²) in [5.41, 5.74) is -1.03. The fraction of sp³-hybridized carbons (Fsp3) is 0.545. The van der Waals surface area contributed by atoms with Crippen LogP contribution in [0.1, 0.15) is 20.3 Å². The molecule has 0 N–H and O–H groups in total. The van der Waals surface area contributed by atoms with Crippen LogP contribution in [0, 0.1) is 5.41 Å². The predicted octanol–water partition coefficient (Wildman–Crippen LogP) is 1.17. The highest BCUT2D eigenvalue weighted by Gasteiger charge is 2.47. The van der Waals surface area contributed by atoms with Gasteiger partial charge in [0.2, 0.25) is 11.8 Å². The van der Waals surface area contributed by atoms with E-state index in [0.29, 0.717) is 13.0 Å². The quantitative estimate of drug-likeness (QED) is 0.422. The summed E-state index contributed by atoms with van der Waals surface area (Å²) in [5.74, 6) is -0.486. The lowest BCUT2D eigenvalue weighted by Gasteiger charge is -2.41. The summed E-state index contributed by atoms with van der Waals surface area (Å²) in [6, 6.07) is 0. The normalized spacial score (nSPS) is 20.3. The summed E-state index contributed by atoms with van der Waals surface area (Å²) in [6.07, 6.45) is 2.38. The molecule has 0 aromatic carbocycles. The number of nitrogens with zero attached hydrogens (tertiary/aromatic N) is 2. The molecule has 4 nitrogen and oxygen atoms in total. The second-order valence-corrected chi connectivity index (χ2v) is 4.67. The Labute approximate surface area is 101 Å². The summed E-state index contributed by atoms with van der Waals surface area (Å²) in [6.45, 7) is 7.32. The maximum Gasteiger partial charge on any atom is 0.243 e. The van der Waals surface area contributed by atoms with Crippen molar-refractivity contribution in [2.45, 2.75) is 20.3 Å². The first kappa shape index (κ1) is 12.8. The van der Waals surface area contributed by atoms with Gasteiger partial charge < -0.3 is 0 Å². The van der Waals surface area contributed by atoms with Crippen molar-refractivity contribution in [2.24, 2.45) is 5.41 Å². The zero-order chi connectivity index (χ0) is 12.5. The monoisotopic (exact) mass is 240 g/mol. The molecular formula is C11H16N2O2S. The van der Waals surface area contributed by atoms with Crippen molar-refractivity contribution in [1.29, 1.82) is 0 Å². The van der Waals surface area contributed by atoms with E-state index in [9.17, 15) is 9.59 Å². The summed E-state index contributed by atoms with van der Waals surface area (Å²) in [4.78, 5) is 26.8. The van der Waals surface area contributed by atoms with Gasteiger partial charge in [-0.1, -0.05) is 6.08 Å². The molecule has 0 bridgehead atoms. The maximum atomic E-state index is 12.1. The van der Waals surface area contributed by atoms with E-state index in [2.05, 4.69) is 6.58 Å². The minimum absolute atomic E-state index is 0.234. The molecule has 0 atom stereocenters. The minimum Gasteiger partial charge on any atom is -0.291 e. The molecule has 0 radical (unpaired) electrons. The Hall–Kier alpha value is -1.23. The maximum absolute atomic E-state index is 12.1. The van der Waals surface area contributed by atoms with Gasteiger partial charge in [0.1, 0.15) is 5.41 Å². The second-order valence-electron chi connectivity index (χ2n) is 4.31. The number of amides is 2. The molecule has 2 amide bonds. The van der Waals surface area contributed by atoms with Crippen LogP contribution >= 0.6 is 12.2 Å². The number of rotatable bonds is 3. The van der Waals surface area contributed by atoms with Gasteiger partial charge >= 0.3 is 0 Å². The van der Waals surface area contributed by atoms with E-state index in [1.54, 1.807) is 27.0 Å². The standard InChI is InChI=1S/C11H16N2O2S/c1-5-6-7-13-9(15)11(2,3)8(14)12(4)10(13)16/h5H,1,6-7H2,2-4H3. The highest BCUT2D eigenvalue weighted by atomic mass is 32.1. The molecule has 1 heterocycles. The van der Waals surface area contributed by atoms with Crippen molar-refractivity contribution in [3.63, 3.8) is 0 Å². The second kappa shape index (κ2) is 4.33. The molecule has 1 saturated heterocycles.